The van der Waals surface area contributed by atoms with Gasteiger partial charge in [0.05, 0.1) is 0 Å². The molecule has 0 aliphatic carbocycles. The van der Waals surface area contributed by atoms with Crippen molar-refractivity contribution in [3.63, 3.8) is 0 Å². The molecule has 4 atom stereocenters. The van der Waals surface area contributed by atoms with Gasteiger partial charge >= 0.3 is 0 Å². The van der Waals surface area contributed by atoms with Gasteiger partial charge in [0.1, 0.15) is 0 Å². The topological polar surface area (TPSA) is 15.3 Å². The first-order chi connectivity index (χ1) is 8.33. The van der Waals surface area contributed by atoms with Crippen LogP contribution in [0.25, 0.3) is 0 Å². The molecule has 2 saturated heterocycles. The summed E-state index contributed by atoms with van der Waals surface area (Å²) in [6.45, 7) is 6.22. The van der Waals surface area contributed by atoms with E-state index in [9.17, 15) is 0 Å². The van der Waals surface area contributed by atoms with Crippen molar-refractivity contribution in [2.45, 2.75) is 31.8 Å². The molecule has 1 aromatic carbocycles. The third-order valence-electron chi connectivity index (χ3n) is 4.40. The maximum Gasteiger partial charge on any atom is 0.0294 e. The van der Waals surface area contributed by atoms with Gasteiger partial charge in [-0.15, -0.1) is 0 Å². The van der Waals surface area contributed by atoms with Gasteiger partial charge in [0.2, 0.25) is 0 Å². The van der Waals surface area contributed by atoms with E-state index in [-0.39, 0.29) is 0 Å². The van der Waals surface area contributed by atoms with Crippen LogP contribution in [0.2, 0.25) is 0 Å². The smallest absolute Gasteiger partial charge is 0.0294 e. The van der Waals surface area contributed by atoms with Gasteiger partial charge in [0.15, 0.2) is 0 Å². The molecule has 2 heterocycles. The van der Waals surface area contributed by atoms with E-state index in [0.29, 0.717) is 6.04 Å². The number of hydrogen-bond donors (Lipinski definition) is 1. The molecule has 1 N–H and O–H groups in total. The van der Waals surface area contributed by atoms with E-state index in [4.69, 9.17) is 0 Å². The van der Waals surface area contributed by atoms with Crippen molar-refractivity contribution < 1.29 is 0 Å². The quantitative estimate of drug-likeness (QED) is 0.858. The second kappa shape index (κ2) is 4.79. The van der Waals surface area contributed by atoms with E-state index in [2.05, 4.69) is 47.5 Å². The predicted octanol–water partition coefficient (Wildman–Crippen LogP) is 2.43. The van der Waals surface area contributed by atoms with Crippen LogP contribution in [0.15, 0.2) is 30.3 Å². The summed E-state index contributed by atoms with van der Waals surface area (Å²) >= 11 is 0. The Hall–Kier alpha value is -0.860. The van der Waals surface area contributed by atoms with Gasteiger partial charge in [-0.2, -0.15) is 0 Å². The summed E-state index contributed by atoms with van der Waals surface area (Å²) in [7, 11) is 0. The van der Waals surface area contributed by atoms with Crippen LogP contribution < -0.4 is 5.32 Å². The average Bonchev–Trinajstić information content (AvgIpc) is 2.77. The lowest BCUT2D eigenvalue weighted by atomic mass is 9.93. The molecule has 0 aromatic heterocycles. The van der Waals surface area contributed by atoms with Crippen LogP contribution in [-0.4, -0.2) is 30.6 Å². The van der Waals surface area contributed by atoms with E-state index >= 15 is 0 Å². The zero-order valence-corrected chi connectivity index (χ0v) is 10.6. The average molecular weight is 230 g/mol. The molecule has 0 amide bonds. The molecule has 2 aliphatic rings. The second-order valence-electron chi connectivity index (χ2n) is 5.54. The van der Waals surface area contributed by atoms with Crippen molar-refractivity contribution >= 4 is 0 Å². The van der Waals surface area contributed by atoms with Crippen LogP contribution in [-0.2, 0) is 0 Å². The summed E-state index contributed by atoms with van der Waals surface area (Å²) in [6.07, 6.45) is 2.71. The van der Waals surface area contributed by atoms with E-state index in [1.54, 1.807) is 0 Å². The van der Waals surface area contributed by atoms with Crippen LogP contribution in [0.3, 0.4) is 0 Å². The van der Waals surface area contributed by atoms with Gasteiger partial charge in [-0.3, -0.25) is 0 Å². The van der Waals surface area contributed by atoms with Crippen LogP contribution >= 0.6 is 0 Å². The molecule has 92 valence electrons. The molecule has 2 bridgehead atoms. The summed E-state index contributed by atoms with van der Waals surface area (Å²) in [5, 5.41) is 3.84. The van der Waals surface area contributed by atoms with Gasteiger partial charge in [0, 0.05) is 18.6 Å². The summed E-state index contributed by atoms with van der Waals surface area (Å²) in [5.41, 5.74) is 1.41. The van der Waals surface area contributed by atoms with Gasteiger partial charge in [-0.25, -0.2) is 0 Å². The minimum Gasteiger partial charge on any atom is -0.307 e. The maximum absolute atomic E-state index is 3.84. The minimum atomic E-state index is 0.480. The van der Waals surface area contributed by atoms with Crippen LogP contribution in [0.5, 0.6) is 0 Å². The molecule has 17 heavy (non-hydrogen) atoms. The number of nitrogens with zero attached hydrogens (tertiary/aromatic N) is 1. The van der Waals surface area contributed by atoms with Gasteiger partial charge in [0.25, 0.3) is 0 Å². The summed E-state index contributed by atoms with van der Waals surface area (Å²) in [5.74, 6) is 0.884. The first-order valence-electron chi connectivity index (χ1n) is 6.86. The number of benzene rings is 1. The molecular weight excluding hydrogens is 208 g/mol. The lowest BCUT2D eigenvalue weighted by Crippen LogP contribution is -2.44. The molecular formula is C15H22N2. The molecule has 3 rings (SSSR count). The Morgan fingerprint density at radius 2 is 1.94 bits per heavy atom. The van der Waals surface area contributed by atoms with Crippen molar-refractivity contribution in [2.75, 3.05) is 19.6 Å². The van der Waals surface area contributed by atoms with Crippen molar-refractivity contribution in [1.82, 2.24) is 10.2 Å². The molecule has 2 aliphatic heterocycles. The van der Waals surface area contributed by atoms with Gasteiger partial charge in [-0.1, -0.05) is 30.3 Å². The zero-order valence-electron chi connectivity index (χ0n) is 10.6. The van der Waals surface area contributed by atoms with E-state index < -0.39 is 0 Å². The van der Waals surface area contributed by atoms with Crippen LogP contribution in [0.4, 0.5) is 0 Å². The summed E-state index contributed by atoms with van der Waals surface area (Å²) in [4.78, 5) is 2.61. The molecule has 0 radical (unpaired) electrons. The Balaban J connectivity index is 1.63. The highest BCUT2D eigenvalue weighted by atomic mass is 15.2. The van der Waals surface area contributed by atoms with E-state index in [0.717, 1.165) is 12.0 Å². The van der Waals surface area contributed by atoms with Gasteiger partial charge in [-0.05, 0) is 44.3 Å². The van der Waals surface area contributed by atoms with Gasteiger partial charge < -0.3 is 10.2 Å². The van der Waals surface area contributed by atoms with Crippen molar-refractivity contribution in [3.05, 3.63) is 35.9 Å². The number of fused-ring (bicyclic) bond motifs is 2. The molecule has 2 nitrogen and oxygen atoms in total. The second-order valence-corrected chi connectivity index (χ2v) is 5.54. The Morgan fingerprint density at radius 1 is 1.18 bits per heavy atom. The lowest BCUT2D eigenvalue weighted by Gasteiger charge is -2.33. The number of piperidine rings is 1. The SMILES string of the molecule is C[C@@H](NC1CCN2CCC1C2)c1ccccc1. The van der Waals surface area contributed by atoms with Crippen molar-refractivity contribution in [2.24, 2.45) is 5.92 Å². The first-order valence-corrected chi connectivity index (χ1v) is 6.86. The first kappa shape index (κ1) is 11.2. The highest BCUT2D eigenvalue weighted by molar-refractivity contribution is 5.18. The lowest BCUT2D eigenvalue weighted by molar-refractivity contribution is 0.212. The van der Waals surface area contributed by atoms with Crippen molar-refractivity contribution in [1.29, 1.82) is 0 Å². The summed E-state index contributed by atoms with van der Waals surface area (Å²) < 4.78 is 0. The minimum absolute atomic E-state index is 0.480. The summed E-state index contributed by atoms with van der Waals surface area (Å²) in [6, 6.07) is 12.0. The normalized spacial score (nSPS) is 33.6. The highest BCUT2D eigenvalue weighted by Gasteiger charge is 2.34. The molecule has 2 heteroatoms. The number of rotatable bonds is 3. The number of hydrogen-bond acceptors (Lipinski definition) is 2. The van der Waals surface area contributed by atoms with Crippen LogP contribution in [0, 0.1) is 5.92 Å². The molecule has 0 spiro atoms. The highest BCUT2D eigenvalue weighted by Crippen LogP contribution is 2.28. The third-order valence-corrected chi connectivity index (χ3v) is 4.40. The fourth-order valence-corrected chi connectivity index (χ4v) is 3.33. The fourth-order valence-electron chi connectivity index (χ4n) is 3.33. The zero-order chi connectivity index (χ0) is 11.7. The standard InChI is InChI=1S/C15H22N2/c1-12(13-5-3-2-4-6-13)16-15-8-10-17-9-7-14(15)11-17/h2-6,12,14-16H,7-11H2,1H3/t12-,14?,15?/m1/s1. The van der Waals surface area contributed by atoms with E-state index in [1.165, 1.54) is 38.0 Å². The predicted molar refractivity (Wildman–Crippen MR) is 70.9 cm³/mol. The fraction of sp³-hybridized carbons (Fsp3) is 0.600. The maximum atomic E-state index is 3.84. The number of nitrogens with one attached hydrogen (secondary N) is 1. The third kappa shape index (κ3) is 2.38. The Labute approximate surface area is 104 Å². The molecule has 0 saturated carbocycles. The molecule has 2 fully saturated rings. The van der Waals surface area contributed by atoms with E-state index in [1.807, 2.05) is 0 Å². The molecule has 1 aromatic rings. The Kier molecular flexibility index (Phi) is 3.17. The van der Waals surface area contributed by atoms with Crippen LogP contribution in [0.1, 0.15) is 31.4 Å². The Bertz CT molecular complexity index is 362. The van der Waals surface area contributed by atoms with Crippen molar-refractivity contribution in [3.8, 4) is 0 Å². The monoisotopic (exact) mass is 230 g/mol. The molecule has 3 unspecified atom stereocenters. The largest absolute Gasteiger partial charge is 0.307 e. The Morgan fingerprint density at radius 3 is 2.76 bits per heavy atom.